The first-order valence-electron chi connectivity index (χ1n) is 11.1. The van der Waals surface area contributed by atoms with E-state index in [0.29, 0.717) is 22.8 Å². The van der Waals surface area contributed by atoms with Crippen LogP contribution in [0.5, 0.6) is 5.75 Å². The monoisotopic (exact) mass is 533 g/mol. The lowest BCUT2D eigenvalue weighted by Gasteiger charge is -2.22. The van der Waals surface area contributed by atoms with Gasteiger partial charge in [0.25, 0.3) is 20.2 Å². The van der Waals surface area contributed by atoms with E-state index >= 15 is 0 Å². The molecule has 0 heterocycles. The first-order chi connectivity index (χ1) is 16.8. The summed E-state index contributed by atoms with van der Waals surface area (Å²) < 4.78 is 69.4. The Bertz CT molecular complexity index is 1490. The zero-order valence-corrected chi connectivity index (χ0v) is 22.0. The minimum atomic E-state index is -4.97. The van der Waals surface area contributed by atoms with Crippen LogP contribution in [0.2, 0.25) is 0 Å². The molecule has 2 aromatic carbocycles. The molecule has 0 unspecified atom stereocenters. The molecule has 0 saturated carbocycles. The number of aromatic hydroxyl groups is 1. The number of anilines is 1. The molecule has 9 nitrogen and oxygen atoms in total. The maximum Gasteiger partial charge on any atom is 0.298 e. The van der Waals surface area contributed by atoms with Crippen molar-refractivity contribution in [3.05, 3.63) is 77.4 Å². The second-order valence-electron chi connectivity index (χ2n) is 8.30. The van der Waals surface area contributed by atoms with E-state index in [1.807, 2.05) is 56.8 Å². The second kappa shape index (κ2) is 10.4. The van der Waals surface area contributed by atoms with E-state index in [-0.39, 0.29) is 5.56 Å². The van der Waals surface area contributed by atoms with Crippen LogP contribution in [-0.2, 0) is 20.2 Å². The summed E-state index contributed by atoms with van der Waals surface area (Å²) in [5.74, 6) is -0.859. The molecular weight excluding hydrogens is 504 g/mol. The molecule has 3 rings (SSSR count). The molecule has 11 heteroatoms. The summed E-state index contributed by atoms with van der Waals surface area (Å²) in [5, 5.41) is 10.4. The predicted molar refractivity (Wildman–Crippen MR) is 139 cm³/mol. The molecule has 0 amide bonds. The van der Waals surface area contributed by atoms with Crippen LogP contribution in [0, 0.1) is 0 Å². The summed E-state index contributed by atoms with van der Waals surface area (Å²) >= 11 is 0. The smallest absolute Gasteiger partial charge is 0.298 e. The van der Waals surface area contributed by atoms with Crippen LogP contribution in [0.3, 0.4) is 0 Å². The maximum absolute atomic E-state index is 12.3. The third kappa shape index (κ3) is 5.76. The number of benzene rings is 2. The van der Waals surface area contributed by atoms with Crippen molar-refractivity contribution in [1.82, 2.24) is 0 Å². The van der Waals surface area contributed by atoms with Crippen molar-refractivity contribution in [2.75, 3.05) is 32.1 Å². The van der Waals surface area contributed by atoms with Crippen molar-refractivity contribution in [3.63, 3.8) is 0 Å². The van der Waals surface area contributed by atoms with Gasteiger partial charge in [0.05, 0.1) is 0 Å². The predicted octanol–water partition coefficient (Wildman–Crippen LogP) is 3.37. The van der Waals surface area contributed by atoms with Gasteiger partial charge in [-0.1, -0.05) is 12.1 Å². The van der Waals surface area contributed by atoms with Crippen LogP contribution in [0.15, 0.2) is 76.1 Å². The van der Waals surface area contributed by atoms with Crippen LogP contribution >= 0.6 is 0 Å². The molecule has 0 aromatic heterocycles. The highest BCUT2D eigenvalue weighted by Crippen LogP contribution is 2.38. The fourth-order valence-corrected chi connectivity index (χ4v) is 5.37. The Morgan fingerprint density at radius 1 is 0.833 bits per heavy atom. The Balaban J connectivity index is 2.39. The maximum atomic E-state index is 12.3. The fourth-order valence-electron chi connectivity index (χ4n) is 4.00. The minimum Gasteiger partial charge on any atom is -0.506 e. The highest BCUT2D eigenvalue weighted by molar-refractivity contribution is 7.86. The summed E-state index contributed by atoms with van der Waals surface area (Å²) in [6, 6.07) is 8.77. The molecule has 0 spiro atoms. The molecule has 1 aliphatic rings. The van der Waals surface area contributed by atoms with Crippen molar-refractivity contribution in [1.29, 1.82) is 0 Å². The SMILES string of the molecule is CCN(CC)c1ccc(C(=C2C=CC(=[N+](C)C)C=C2)c2cc(O)c(S(=O)(=O)O)cc2S(=O)(=O)O)cc1. The standard InChI is InChI=1S/C25H28N2O7S2/c1-5-27(6-2)20-13-9-18(10-14-20)25(17-7-11-19(12-8-17)26(3)4)21-15-22(28)24(36(32,33)34)16-23(21)35(29,30)31/h7-16H,5-6H2,1-4H3,(H2-,28,29,30,31,32,33,34)/p+1. The molecule has 192 valence electrons. The zero-order chi connectivity index (χ0) is 26.8. The van der Waals surface area contributed by atoms with Gasteiger partial charge in [-0.2, -0.15) is 16.8 Å². The van der Waals surface area contributed by atoms with E-state index in [2.05, 4.69) is 4.90 Å². The van der Waals surface area contributed by atoms with Gasteiger partial charge in [0.1, 0.15) is 29.6 Å². The Labute approximate surface area is 211 Å². The van der Waals surface area contributed by atoms with Gasteiger partial charge in [-0.05, 0) is 67.0 Å². The van der Waals surface area contributed by atoms with Crippen molar-refractivity contribution in [2.45, 2.75) is 23.6 Å². The average Bonchev–Trinajstić information content (AvgIpc) is 2.80. The number of hydrogen-bond donors (Lipinski definition) is 3. The molecule has 0 bridgehead atoms. The zero-order valence-electron chi connectivity index (χ0n) is 20.4. The molecular formula is C25H29N2O7S2+. The number of nitrogens with zero attached hydrogens (tertiary/aromatic N) is 2. The molecule has 2 aromatic rings. The molecule has 0 aliphatic heterocycles. The highest BCUT2D eigenvalue weighted by Gasteiger charge is 2.27. The average molecular weight is 534 g/mol. The molecule has 0 radical (unpaired) electrons. The number of phenolic OH excluding ortho intramolecular Hbond substituents is 1. The van der Waals surface area contributed by atoms with Gasteiger partial charge in [-0.25, -0.2) is 4.58 Å². The van der Waals surface area contributed by atoms with Gasteiger partial charge in [0.2, 0.25) is 0 Å². The van der Waals surface area contributed by atoms with Crippen LogP contribution in [0.25, 0.3) is 5.57 Å². The molecule has 36 heavy (non-hydrogen) atoms. The number of hydrogen-bond acceptors (Lipinski definition) is 6. The van der Waals surface area contributed by atoms with Crippen molar-refractivity contribution in [2.24, 2.45) is 0 Å². The molecule has 1 aliphatic carbocycles. The van der Waals surface area contributed by atoms with E-state index in [1.54, 1.807) is 24.3 Å². The summed E-state index contributed by atoms with van der Waals surface area (Å²) in [6.45, 7) is 5.63. The van der Waals surface area contributed by atoms with Crippen LogP contribution in [-0.4, -0.2) is 68.5 Å². The number of phenols is 1. The van der Waals surface area contributed by atoms with Crippen LogP contribution < -0.4 is 4.90 Å². The first kappa shape index (κ1) is 27.3. The topological polar surface area (TPSA) is 135 Å². The molecule has 3 N–H and O–H groups in total. The second-order valence-corrected chi connectivity index (χ2v) is 11.1. The number of allylic oxidation sites excluding steroid dienone is 5. The fraction of sp³-hybridized carbons (Fsp3) is 0.240. The van der Waals surface area contributed by atoms with Gasteiger partial charge >= 0.3 is 0 Å². The van der Waals surface area contributed by atoms with Crippen molar-refractivity contribution < 1.29 is 35.6 Å². The Kier molecular flexibility index (Phi) is 7.89. The van der Waals surface area contributed by atoms with Crippen LogP contribution in [0.1, 0.15) is 25.0 Å². The van der Waals surface area contributed by atoms with Gasteiger partial charge in [0.15, 0.2) is 5.71 Å². The largest absolute Gasteiger partial charge is 0.506 e. The van der Waals surface area contributed by atoms with Gasteiger partial charge in [0, 0.05) is 36.5 Å². The van der Waals surface area contributed by atoms with Gasteiger partial charge in [-0.15, -0.1) is 0 Å². The summed E-state index contributed by atoms with van der Waals surface area (Å²) in [7, 11) is -6.20. The van der Waals surface area contributed by atoms with E-state index in [1.165, 1.54) is 0 Å². The van der Waals surface area contributed by atoms with Gasteiger partial charge in [-0.3, -0.25) is 9.11 Å². The van der Waals surface area contributed by atoms with Crippen LogP contribution in [0.4, 0.5) is 5.69 Å². The normalized spacial score (nSPS) is 13.7. The lowest BCUT2D eigenvalue weighted by molar-refractivity contribution is -0.462. The third-order valence-corrected chi connectivity index (χ3v) is 7.62. The number of rotatable bonds is 7. The quantitative estimate of drug-likeness (QED) is 0.364. The lowest BCUT2D eigenvalue weighted by Crippen LogP contribution is -2.21. The Morgan fingerprint density at radius 3 is 1.81 bits per heavy atom. The highest BCUT2D eigenvalue weighted by atomic mass is 32.2. The summed E-state index contributed by atoms with van der Waals surface area (Å²) in [6.07, 6.45) is 7.15. The van der Waals surface area contributed by atoms with Crippen molar-refractivity contribution >= 4 is 37.2 Å². The summed E-state index contributed by atoms with van der Waals surface area (Å²) in [5.41, 5.74) is 3.15. The van der Waals surface area contributed by atoms with E-state index < -0.39 is 35.8 Å². The minimum absolute atomic E-state index is 0.129. The molecule has 0 atom stereocenters. The van der Waals surface area contributed by atoms with E-state index in [4.69, 9.17) is 0 Å². The van der Waals surface area contributed by atoms with Crippen molar-refractivity contribution in [3.8, 4) is 5.75 Å². The Morgan fingerprint density at radius 2 is 1.36 bits per heavy atom. The summed E-state index contributed by atoms with van der Waals surface area (Å²) in [4.78, 5) is 0.330. The van der Waals surface area contributed by atoms with E-state index in [0.717, 1.165) is 30.6 Å². The first-order valence-corrected chi connectivity index (χ1v) is 14.0. The van der Waals surface area contributed by atoms with Gasteiger partial charge < -0.3 is 10.0 Å². The Hall–Kier alpha value is -3.25. The van der Waals surface area contributed by atoms with E-state index in [9.17, 15) is 31.0 Å². The lowest BCUT2D eigenvalue weighted by atomic mass is 9.90. The molecule has 0 saturated heterocycles. The third-order valence-electron chi connectivity index (χ3n) is 5.84. The molecule has 0 fully saturated rings.